The van der Waals surface area contributed by atoms with Crippen molar-refractivity contribution < 1.29 is 9.15 Å². The molecule has 0 bridgehead atoms. The van der Waals surface area contributed by atoms with Crippen LogP contribution in [0.5, 0.6) is 5.75 Å². The molecule has 0 atom stereocenters. The summed E-state index contributed by atoms with van der Waals surface area (Å²) in [5, 5.41) is 8.21. The molecule has 0 unspecified atom stereocenters. The van der Waals surface area contributed by atoms with Gasteiger partial charge in [-0.15, -0.1) is 22.0 Å². The summed E-state index contributed by atoms with van der Waals surface area (Å²) in [5.41, 5.74) is 0.885. The average molecular weight is 325 g/mol. The van der Waals surface area contributed by atoms with Crippen LogP contribution in [-0.2, 0) is 5.75 Å². The number of nitrogens with zero attached hydrogens (tertiary/aromatic N) is 2. The third-order valence-corrected chi connectivity index (χ3v) is 4.08. The summed E-state index contributed by atoms with van der Waals surface area (Å²) in [6, 6.07) is 17.8. The van der Waals surface area contributed by atoms with Crippen LogP contribution < -0.4 is 4.74 Å². The van der Waals surface area contributed by atoms with Gasteiger partial charge < -0.3 is 9.15 Å². The molecule has 0 fully saturated rings. The molecule has 0 aliphatic rings. The van der Waals surface area contributed by atoms with Crippen LogP contribution >= 0.6 is 11.8 Å². The van der Waals surface area contributed by atoms with Crippen molar-refractivity contribution in [3.8, 4) is 17.2 Å². The molecule has 5 heteroatoms. The second kappa shape index (κ2) is 7.83. The van der Waals surface area contributed by atoms with Gasteiger partial charge in [0.15, 0.2) is 0 Å². The Morgan fingerprint density at radius 1 is 1.00 bits per heavy atom. The summed E-state index contributed by atoms with van der Waals surface area (Å²) < 4.78 is 11.2. The molecule has 3 aromatic rings. The van der Waals surface area contributed by atoms with Crippen LogP contribution in [0.4, 0.5) is 0 Å². The molecular weight excluding hydrogens is 308 g/mol. The Morgan fingerprint density at radius 3 is 2.52 bits per heavy atom. The molecule has 0 aliphatic heterocycles. The molecular formula is C18H17N2O2S. The molecule has 0 amide bonds. The van der Waals surface area contributed by atoms with E-state index in [0.717, 1.165) is 17.7 Å². The zero-order valence-corrected chi connectivity index (χ0v) is 13.5. The number of aromatic nitrogens is 2. The van der Waals surface area contributed by atoms with Gasteiger partial charge in [-0.3, -0.25) is 0 Å². The van der Waals surface area contributed by atoms with Crippen LogP contribution in [0, 0.1) is 6.92 Å². The lowest BCUT2D eigenvalue weighted by Gasteiger charge is -2.03. The predicted molar refractivity (Wildman–Crippen MR) is 91.2 cm³/mol. The van der Waals surface area contributed by atoms with Gasteiger partial charge in [0.2, 0.25) is 11.8 Å². The zero-order chi connectivity index (χ0) is 15.9. The van der Waals surface area contributed by atoms with Crippen molar-refractivity contribution in [3.63, 3.8) is 0 Å². The minimum absolute atomic E-state index is 0.525. The van der Waals surface area contributed by atoms with Crippen molar-refractivity contribution in [3.05, 3.63) is 67.4 Å². The van der Waals surface area contributed by atoms with Gasteiger partial charge >= 0.3 is 0 Å². The van der Waals surface area contributed by atoms with Gasteiger partial charge in [0.05, 0.1) is 12.4 Å². The van der Waals surface area contributed by atoms with E-state index < -0.39 is 0 Å². The summed E-state index contributed by atoms with van der Waals surface area (Å²) >= 11 is 1.67. The molecule has 1 heterocycles. The van der Waals surface area contributed by atoms with E-state index in [4.69, 9.17) is 9.15 Å². The van der Waals surface area contributed by atoms with Crippen LogP contribution in [0.1, 0.15) is 12.3 Å². The van der Waals surface area contributed by atoms with E-state index in [2.05, 4.69) is 29.3 Å². The molecule has 1 radical (unpaired) electrons. The summed E-state index contributed by atoms with van der Waals surface area (Å²) in [5.74, 6) is 2.61. The molecule has 0 N–H and O–H groups in total. The second-order valence-corrected chi connectivity index (χ2v) is 5.88. The molecule has 23 heavy (non-hydrogen) atoms. The summed E-state index contributed by atoms with van der Waals surface area (Å²) in [7, 11) is 0. The highest BCUT2D eigenvalue weighted by Gasteiger charge is 2.09. The lowest BCUT2D eigenvalue weighted by Crippen LogP contribution is -1.94. The first kappa shape index (κ1) is 15.6. The van der Waals surface area contributed by atoms with E-state index in [1.807, 2.05) is 42.5 Å². The van der Waals surface area contributed by atoms with Crippen molar-refractivity contribution in [2.45, 2.75) is 17.1 Å². The third-order valence-electron chi connectivity index (χ3n) is 3.09. The Hall–Kier alpha value is -2.27. The first-order chi connectivity index (χ1) is 11.3. The maximum Gasteiger partial charge on any atom is 0.247 e. The quantitative estimate of drug-likeness (QED) is 0.593. The molecule has 2 aromatic carbocycles. The molecule has 3 rings (SSSR count). The van der Waals surface area contributed by atoms with E-state index in [1.54, 1.807) is 11.8 Å². The molecule has 117 valence electrons. The highest BCUT2D eigenvalue weighted by Crippen LogP contribution is 2.25. The van der Waals surface area contributed by atoms with Gasteiger partial charge in [0, 0.05) is 10.5 Å². The van der Waals surface area contributed by atoms with Crippen LogP contribution in [0.3, 0.4) is 0 Å². The van der Waals surface area contributed by atoms with Gasteiger partial charge in [-0.1, -0.05) is 18.2 Å². The van der Waals surface area contributed by atoms with Crippen molar-refractivity contribution in [1.82, 2.24) is 10.2 Å². The second-order valence-electron chi connectivity index (χ2n) is 4.83. The topological polar surface area (TPSA) is 48.2 Å². The smallest absolute Gasteiger partial charge is 0.247 e. The molecule has 0 spiro atoms. The predicted octanol–water partition coefficient (Wildman–Crippen LogP) is 4.63. The standard InChI is InChI=1S/C18H17N2O2S/c1-2-12-21-15-10-8-14(9-11-15)18-20-19-17(22-18)13-23-16-6-4-3-5-7-16/h3-11H,1-2,12-13H2. The minimum atomic E-state index is 0.525. The van der Waals surface area contributed by atoms with Crippen LogP contribution in [-0.4, -0.2) is 16.8 Å². The Balaban J connectivity index is 1.62. The summed E-state index contributed by atoms with van der Waals surface area (Å²) in [4.78, 5) is 1.18. The van der Waals surface area contributed by atoms with Crippen LogP contribution in [0.25, 0.3) is 11.5 Å². The first-order valence-electron chi connectivity index (χ1n) is 7.38. The van der Waals surface area contributed by atoms with Crippen LogP contribution in [0.15, 0.2) is 63.9 Å². The zero-order valence-electron chi connectivity index (χ0n) is 12.6. The number of thioether (sulfide) groups is 1. The Kier molecular flexibility index (Phi) is 5.32. The minimum Gasteiger partial charge on any atom is -0.494 e. The van der Waals surface area contributed by atoms with Gasteiger partial charge in [0.25, 0.3) is 0 Å². The normalized spacial score (nSPS) is 10.7. The summed E-state index contributed by atoms with van der Waals surface area (Å²) in [6.07, 6.45) is 0.744. The van der Waals surface area contributed by atoms with Gasteiger partial charge in [-0.2, -0.15) is 0 Å². The largest absolute Gasteiger partial charge is 0.494 e. The molecule has 1 aromatic heterocycles. The highest BCUT2D eigenvalue weighted by atomic mass is 32.2. The van der Waals surface area contributed by atoms with Crippen molar-refractivity contribution in [1.29, 1.82) is 0 Å². The lowest BCUT2D eigenvalue weighted by atomic mass is 10.2. The Morgan fingerprint density at radius 2 is 1.78 bits per heavy atom. The van der Waals surface area contributed by atoms with E-state index in [1.165, 1.54) is 4.90 Å². The number of ether oxygens (including phenoxy) is 1. The third kappa shape index (κ3) is 4.36. The lowest BCUT2D eigenvalue weighted by molar-refractivity contribution is 0.324. The summed E-state index contributed by atoms with van der Waals surface area (Å²) in [6.45, 7) is 4.36. The number of benzene rings is 2. The highest BCUT2D eigenvalue weighted by molar-refractivity contribution is 7.98. The van der Waals surface area contributed by atoms with E-state index in [0.29, 0.717) is 24.1 Å². The number of hydrogen-bond donors (Lipinski definition) is 0. The van der Waals surface area contributed by atoms with Crippen molar-refractivity contribution >= 4 is 11.8 Å². The van der Waals surface area contributed by atoms with Crippen LogP contribution in [0.2, 0.25) is 0 Å². The van der Waals surface area contributed by atoms with Gasteiger partial charge in [0.1, 0.15) is 5.75 Å². The Bertz CT molecular complexity index is 726. The number of hydrogen-bond acceptors (Lipinski definition) is 5. The average Bonchev–Trinajstić information content (AvgIpc) is 3.08. The fourth-order valence-electron chi connectivity index (χ4n) is 1.97. The van der Waals surface area contributed by atoms with E-state index in [-0.39, 0.29) is 0 Å². The fourth-order valence-corrected chi connectivity index (χ4v) is 2.73. The Labute approximate surface area is 139 Å². The molecule has 0 aliphatic carbocycles. The van der Waals surface area contributed by atoms with Gasteiger partial charge in [-0.05, 0) is 49.7 Å². The first-order valence-corrected chi connectivity index (χ1v) is 8.36. The van der Waals surface area contributed by atoms with E-state index >= 15 is 0 Å². The van der Waals surface area contributed by atoms with Crippen molar-refractivity contribution in [2.24, 2.45) is 0 Å². The maximum absolute atomic E-state index is 5.72. The monoisotopic (exact) mass is 325 g/mol. The number of rotatable bonds is 7. The maximum atomic E-state index is 5.72. The van der Waals surface area contributed by atoms with Crippen molar-refractivity contribution in [2.75, 3.05) is 6.61 Å². The fraction of sp³-hybridized carbons (Fsp3) is 0.167. The molecule has 0 saturated carbocycles. The van der Waals surface area contributed by atoms with E-state index in [9.17, 15) is 0 Å². The molecule has 4 nitrogen and oxygen atoms in total. The molecule has 0 saturated heterocycles. The van der Waals surface area contributed by atoms with Gasteiger partial charge in [-0.25, -0.2) is 0 Å². The SMILES string of the molecule is [CH2]CCOc1ccc(-c2nnc(CSc3ccccc3)o2)cc1.